The largest absolute Gasteiger partial charge is 0.497 e. The summed E-state index contributed by atoms with van der Waals surface area (Å²) in [4.78, 5) is 24.2. The summed E-state index contributed by atoms with van der Waals surface area (Å²) in [5.74, 6) is 0.648. The van der Waals surface area contributed by atoms with E-state index in [1.807, 2.05) is 6.92 Å². The zero-order valence-corrected chi connectivity index (χ0v) is 15.6. The third-order valence-electron chi connectivity index (χ3n) is 3.80. The van der Waals surface area contributed by atoms with Crippen LogP contribution in [0.25, 0.3) is 0 Å². The lowest BCUT2D eigenvalue weighted by molar-refractivity contribution is -0.120. The minimum atomic E-state index is -0.344. The van der Waals surface area contributed by atoms with Gasteiger partial charge in [0.05, 0.1) is 26.8 Å². The highest BCUT2D eigenvalue weighted by Gasteiger charge is 2.16. The summed E-state index contributed by atoms with van der Waals surface area (Å²) in [5.41, 5.74) is 1.22. The van der Waals surface area contributed by atoms with Crippen LogP contribution in [0.5, 0.6) is 11.5 Å². The smallest absolute Gasteiger partial charge is 0.251 e. The SMILES string of the molecule is COc1ccc(OC)c([C@@H](C)NC(=O)CNC(=O)c2ccc(Cl)cc2)c1. The summed E-state index contributed by atoms with van der Waals surface area (Å²) in [6.07, 6.45) is 0. The fourth-order valence-electron chi connectivity index (χ4n) is 2.41. The molecule has 2 aromatic carbocycles. The molecule has 0 aliphatic rings. The Hall–Kier alpha value is -2.73. The van der Waals surface area contributed by atoms with Crippen LogP contribution in [-0.4, -0.2) is 32.6 Å². The van der Waals surface area contributed by atoms with Crippen LogP contribution in [0.2, 0.25) is 5.02 Å². The molecule has 0 radical (unpaired) electrons. The summed E-state index contributed by atoms with van der Waals surface area (Å²) in [7, 11) is 3.13. The fraction of sp³-hybridized carbons (Fsp3) is 0.263. The Labute approximate surface area is 157 Å². The normalized spacial score (nSPS) is 11.4. The van der Waals surface area contributed by atoms with E-state index >= 15 is 0 Å². The molecule has 0 unspecified atom stereocenters. The second-order valence-electron chi connectivity index (χ2n) is 5.59. The standard InChI is InChI=1S/C19H21ClN2O4/c1-12(16-10-15(25-2)8-9-17(16)26-3)22-18(23)11-21-19(24)13-4-6-14(20)7-5-13/h4-10,12H,11H2,1-3H3,(H,21,24)(H,22,23)/t12-/m1/s1. The van der Waals surface area contributed by atoms with Crippen LogP contribution in [0.4, 0.5) is 0 Å². The van der Waals surface area contributed by atoms with Gasteiger partial charge < -0.3 is 20.1 Å². The van der Waals surface area contributed by atoms with E-state index in [2.05, 4.69) is 10.6 Å². The number of nitrogens with one attached hydrogen (secondary N) is 2. The van der Waals surface area contributed by atoms with Gasteiger partial charge in [-0.15, -0.1) is 0 Å². The number of halogens is 1. The van der Waals surface area contributed by atoms with Crippen LogP contribution in [0.3, 0.4) is 0 Å². The first-order valence-electron chi connectivity index (χ1n) is 7.99. The highest BCUT2D eigenvalue weighted by atomic mass is 35.5. The first-order valence-corrected chi connectivity index (χ1v) is 8.37. The van der Waals surface area contributed by atoms with Crippen LogP contribution < -0.4 is 20.1 Å². The monoisotopic (exact) mass is 376 g/mol. The van der Waals surface area contributed by atoms with Crippen molar-refractivity contribution in [3.05, 3.63) is 58.6 Å². The number of ether oxygens (including phenoxy) is 2. The van der Waals surface area contributed by atoms with E-state index in [9.17, 15) is 9.59 Å². The minimum absolute atomic E-state index is 0.141. The van der Waals surface area contributed by atoms with Gasteiger partial charge in [0.25, 0.3) is 5.91 Å². The van der Waals surface area contributed by atoms with Gasteiger partial charge in [-0.1, -0.05) is 11.6 Å². The lowest BCUT2D eigenvalue weighted by Crippen LogP contribution is -2.38. The van der Waals surface area contributed by atoms with Crippen molar-refractivity contribution in [1.29, 1.82) is 0 Å². The molecule has 0 saturated carbocycles. The maximum atomic E-state index is 12.2. The van der Waals surface area contributed by atoms with Gasteiger partial charge in [-0.2, -0.15) is 0 Å². The van der Waals surface area contributed by atoms with E-state index in [0.717, 1.165) is 5.56 Å². The van der Waals surface area contributed by atoms with Crippen molar-refractivity contribution >= 4 is 23.4 Å². The van der Waals surface area contributed by atoms with E-state index < -0.39 is 0 Å². The maximum absolute atomic E-state index is 12.2. The Kier molecular flexibility index (Phi) is 6.86. The number of carbonyl (C=O) groups is 2. The molecule has 0 aliphatic heterocycles. The molecule has 0 fully saturated rings. The molecule has 6 nitrogen and oxygen atoms in total. The number of rotatable bonds is 7. The highest BCUT2D eigenvalue weighted by Crippen LogP contribution is 2.29. The van der Waals surface area contributed by atoms with E-state index in [-0.39, 0.29) is 24.4 Å². The highest BCUT2D eigenvalue weighted by molar-refractivity contribution is 6.30. The van der Waals surface area contributed by atoms with E-state index in [0.29, 0.717) is 22.1 Å². The zero-order chi connectivity index (χ0) is 19.1. The zero-order valence-electron chi connectivity index (χ0n) is 14.8. The molecule has 0 saturated heterocycles. The van der Waals surface area contributed by atoms with Gasteiger partial charge in [0, 0.05) is 16.1 Å². The molecular formula is C19H21ClN2O4. The third-order valence-corrected chi connectivity index (χ3v) is 4.05. The second-order valence-corrected chi connectivity index (χ2v) is 6.02. The van der Waals surface area contributed by atoms with Crippen molar-refractivity contribution in [1.82, 2.24) is 10.6 Å². The molecule has 1 atom stereocenters. The number of hydrogen-bond donors (Lipinski definition) is 2. The molecule has 7 heteroatoms. The molecule has 138 valence electrons. The number of hydrogen-bond acceptors (Lipinski definition) is 4. The summed E-state index contributed by atoms with van der Waals surface area (Å²) in [5, 5.41) is 5.95. The van der Waals surface area contributed by atoms with Crippen molar-refractivity contribution in [2.45, 2.75) is 13.0 Å². The summed E-state index contributed by atoms with van der Waals surface area (Å²) in [6.45, 7) is 1.69. The molecule has 0 bridgehead atoms. The lowest BCUT2D eigenvalue weighted by Gasteiger charge is -2.18. The first-order chi connectivity index (χ1) is 12.4. The predicted octanol–water partition coefficient (Wildman–Crippen LogP) is 2.96. The number of amides is 2. The summed E-state index contributed by atoms with van der Waals surface area (Å²) >= 11 is 5.79. The number of methoxy groups -OCH3 is 2. The Morgan fingerprint density at radius 2 is 1.77 bits per heavy atom. The molecule has 0 aromatic heterocycles. The number of carbonyl (C=O) groups excluding carboxylic acids is 2. The van der Waals surface area contributed by atoms with Crippen LogP contribution in [0.1, 0.15) is 28.9 Å². The van der Waals surface area contributed by atoms with Crippen molar-refractivity contribution in [3.63, 3.8) is 0 Å². The van der Waals surface area contributed by atoms with Gasteiger partial charge in [-0.05, 0) is 49.4 Å². The van der Waals surface area contributed by atoms with Gasteiger partial charge in [0.1, 0.15) is 11.5 Å². The van der Waals surface area contributed by atoms with Gasteiger partial charge in [0.15, 0.2) is 0 Å². The predicted molar refractivity (Wildman–Crippen MR) is 99.9 cm³/mol. The minimum Gasteiger partial charge on any atom is -0.497 e. The lowest BCUT2D eigenvalue weighted by atomic mass is 10.1. The maximum Gasteiger partial charge on any atom is 0.251 e. The summed E-state index contributed by atoms with van der Waals surface area (Å²) in [6, 6.07) is 11.5. The summed E-state index contributed by atoms with van der Waals surface area (Å²) < 4.78 is 10.5. The average molecular weight is 377 g/mol. The first kappa shape index (κ1) is 19.6. The Morgan fingerprint density at radius 1 is 1.08 bits per heavy atom. The molecule has 2 rings (SSSR count). The molecule has 2 amide bonds. The van der Waals surface area contributed by atoms with Crippen molar-refractivity contribution in [2.24, 2.45) is 0 Å². The molecule has 2 aromatic rings. The van der Waals surface area contributed by atoms with E-state index in [1.54, 1.807) is 56.7 Å². The fourth-order valence-corrected chi connectivity index (χ4v) is 2.54. The quantitative estimate of drug-likeness (QED) is 0.778. The second kappa shape index (κ2) is 9.10. The third kappa shape index (κ3) is 5.13. The van der Waals surface area contributed by atoms with E-state index in [4.69, 9.17) is 21.1 Å². The van der Waals surface area contributed by atoms with Gasteiger partial charge in [-0.3, -0.25) is 9.59 Å². The molecule has 0 spiro atoms. The number of benzene rings is 2. The van der Waals surface area contributed by atoms with Crippen molar-refractivity contribution in [3.8, 4) is 11.5 Å². The van der Waals surface area contributed by atoms with Crippen molar-refractivity contribution in [2.75, 3.05) is 20.8 Å². The van der Waals surface area contributed by atoms with Crippen molar-refractivity contribution < 1.29 is 19.1 Å². The Balaban J connectivity index is 1.95. The van der Waals surface area contributed by atoms with Gasteiger partial charge >= 0.3 is 0 Å². The van der Waals surface area contributed by atoms with Gasteiger partial charge in [0.2, 0.25) is 5.91 Å². The topological polar surface area (TPSA) is 76.7 Å². The molecular weight excluding hydrogens is 356 g/mol. The van der Waals surface area contributed by atoms with Crippen LogP contribution in [0.15, 0.2) is 42.5 Å². The average Bonchev–Trinajstić information content (AvgIpc) is 2.66. The molecule has 0 heterocycles. The van der Waals surface area contributed by atoms with Crippen LogP contribution in [0, 0.1) is 0 Å². The van der Waals surface area contributed by atoms with Gasteiger partial charge in [-0.25, -0.2) is 0 Å². The molecule has 26 heavy (non-hydrogen) atoms. The van der Waals surface area contributed by atoms with Crippen LogP contribution in [-0.2, 0) is 4.79 Å². The Bertz CT molecular complexity index is 778. The van der Waals surface area contributed by atoms with Crippen LogP contribution >= 0.6 is 11.6 Å². The molecule has 0 aliphatic carbocycles. The van der Waals surface area contributed by atoms with E-state index in [1.165, 1.54) is 0 Å². The Morgan fingerprint density at radius 3 is 2.38 bits per heavy atom. The molecule has 2 N–H and O–H groups in total.